The molecule has 0 aliphatic carbocycles. The molecule has 0 spiro atoms. The van der Waals surface area contributed by atoms with Gasteiger partial charge < -0.3 is 4.90 Å². The molecule has 19 heavy (non-hydrogen) atoms. The van der Waals surface area contributed by atoms with Crippen molar-refractivity contribution in [2.45, 2.75) is 13.8 Å². The molecule has 3 nitrogen and oxygen atoms in total. The minimum atomic E-state index is 0.610. The number of hydrogen-bond acceptors (Lipinski definition) is 3. The van der Waals surface area contributed by atoms with Gasteiger partial charge in [0.2, 0.25) is 0 Å². The number of nitrogens with zero attached hydrogens (tertiary/aromatic N) is 3. The van der Waals surface area contributed by atoms with Crippen LogP contribution in [0, 0.1) is 25.2 Å². The molecule has 0 aliphatic rings. The van der Waals surface area contributed by atoms with E-state index >= 15 is 0 Å². The normalized spacial score (nSPS) is 10.1. The van der Waals surface area contributed by atoms with Gasteiger partial charge in [0.25, 0.3) is 0 Å². The van der Waals surface area contributed by atoms with Gasteiger partial charge in [-0.15, -0.1) is 0 Å². The largest absolute Gasteiger partial charge is 0.362 e. The van der Waals surface area contributed by atoms with Crippen molar-refractivity contribution < 1.29 is 0 Å². The Balaban J connectivity index is 2.61. The Bertz CT molecular complexity index is 634. The Morgan fingerprint density at radius 3 is 2.26 bits per heavy atom. The van der Waals surface area contributed by atoms with Crippen LogP contribution < -0.4 is 4.90 Å². The molecular weight excluding hydrogens is 234 g/mol. The second-order valence-corrected chi connectivity index (χ2v) is 4.90. The number of pyridine rings is 1. The van der Waals surface area contributed by atoms with E-state index in [2.05, 4.69) is 42.2 Å². The van der Waals surface area contributed by atoms with Crippen LogP contribution in [0.15, 0.2) is 30.3 Å². The lowest BCUT2D eigenvalue weighted by Crippen LogP contribution is -2.13. The van der Waals surface area contributed by atoms with Crippen LogP contribution >= 0.6 is 0 Å². The zero-order chi connectivity index (χ0) is 14.0. The average molecular weight is 251 g/mol. The fourth-order valence-electron chi connectivity index (χ4n) is 2.03. The molecule has 1 aromatic heterocycles. The van der Waals surface area contributed by atoms with Gasteiger partial charge in [-0.2, -0.15) is 5.26 Å². The lowest BCUT2D eigenvalue weighted by Gasteiger charge is -2.16. The molecule has 96 valence electrons. The summed E-state index contributed by atoms with van der Waals surface area (Å²) in [5, 5.41) is 9.17. The van der Waals surface area contributed by atoms with Crippen molar-refractivity contribution in [2.75, 3.05) is 19.0 Å². The summed E-state index contributed by atoms with van der Waals surface area (Å²) in [6.07, 6.45) is 0. The van der Waals surface area contributed by atoms with Gasteiger partial charge in [0.05, 0.1) is 11.3 Å². The molecule has 0 aliphatic heterocycles. The Kier molecular flexibility index (Phi) is 3.52. The first-order chi connectivity index (χ1) is 9.02. The number of aryl methyl sites for hydroxylation is 2. The van der Waals surface area contributed by atoms with Crippen molar-refractivity contribution in [2.24, 2.45) is 0 Å². The average Bonchev–Trinajstić information content (AvgIpc) is 2.39. The number of hydrogen-bond donors (Lipinski definition) is 0. The molecular formula is C16H17N3. The first-order valence-corrected chi connectivity index (χ1v) is 6.19. The van der Waals surface area contributed by atoms with Crippen LogP contribution in [0.4, 0.5) is 5.82 Å². The van der Waals surface area contributed by atoms with E-state index in [1.54, 1.807) is 0 Å². The molecule has 2 aromatic rings. The quantitative estimate of drug-likeness (QED) is 0.822. The highest BCUT2D eigenvalue weighted by Gasteiger charge is 2.12. The first kappa shape index (κ1) is 13.1. The number of rotatable bonds is 2. The smallest absolute Gasteiger partial charge is 0.146 e. The van der Waals surface area contributed by atoms with Crippen LogP contribution in [0.1, 0.15) is 16.7 Å². The third-order valence-electron chi connectivity index (χ3n) is 3.06. The Hall–Kier alpha value is -2.34. The SMILES string of the molecule is Cc1ccc(-c2nc(N(C)C)c(C#N)cc2C)cc1. The third-order valence-corrected chi connectivity index (χ3v) is 3.06. The van der Waals surface area contributed by atoms with E-state index in [4.69, 9.17) is 0 Å². The minimum Gasteiger partial charge on any atom is -0.362 e. The van der Waals surface area contributed by atoms with Gasteiger partial charge >= 0.3 is 0 Å². The molecule has 3 heteroatoms. The van der Waals surface area contributed by atoms with Gasteiger partial charge in [-0.1, -0.05) is 29.8 Å². The summed E-state index contributed by atoms with van der Waals surface area (Å²) in [5.41, 5.74) is 4.87. The maximum Gasteiger partial charge on any atom is 0.146 e. The van der Waals surface area contributed by atoms with Crippen LogP contribution in [-0.2, 0) is 0 Å². The molecule has 0 saturated heterocycles. The summed E-state index contributed by atoms with van der Waals surface area (Å²) in [4.78, 5) is 6.52. The second kappa shape index (κ2) is 5.11. The molecule has 0 saturated carbocycles. The summed E-state index contributed by atoms with van der Waals surface area (Å²) in [6.45, 7) is 4.05. The predicted octanol–water partition coefficient (Wildman–Crippen LogP) is 3.30. The van der Waals surface area contributed by atoms with E-state index in [-0.39, 0.29) is 0 Å². The highest BCUT2D eigenvalue weighted by atomic mass is 15.1. The van der Waals surface area contributed by atoms with E-state index < -0.39 is 0 Å². The van der Waals surface area contributed by atoms with Crippen molar-refractivity contribution in [1.29, 1.82) is 5.26 Å². The Morgan fingerprint density at radius 1 is 1.11 bits per heavy atom. The van der Waals surface area contributed by atoms with Gasteiger partial charge in [0.1, 0.15) is 11.9 Å². The summed E-state index contributed by atoms with van der Waals surface area (Å²) in [6, 6.07) is 12.4. The highest BCUT2D eigenvalue weighted by molar-refractivity contribution is 5.68. The van der Waals surface area contributed by atoms with E-state index in [0.717, 1.165) is 16.8 Å². The summed E-state index contributed by atoms with van der Waals surface area (Å²) >= 11 is 0. The minimum absolute atomic E-state index is 0.610. The molecule has 0 bridgehead atoms. The fraction of sp³-hybridized carbons (Fsp3) is 0.250. The number of aromatic nitrogens is 1. The third kappa shape index (κ3) is 2.58. The van der Waals surface area contributed by atoms with Gasteiger partial charge in [-0.05, 0) is 25.5 Å². The van der Waals surface area contributed by atoms with Crippen molar-refractivity contribution in [3.63, 3.8) is 0 Å². The number of benzene rings is 1. The van der Waals surface area contributed by atoms with E-state index in [0.29, 0.717) is 11.4 Å². The van der Waals surface area contributed by atoms with Crippen LogP contribution in [0.25, 0.3) is 11.3 Å². The molecule has 0 amide bonds. The van der Waals surface area contributed by atoms with Gasteiger partial charge in [-0.25, -0.2) is 4.98 Å². The molecule has 1 aromatic carbocycles. The van der Waals surface area contributed by atoms with Crippen molar-refractivity contribution >= 4 is 5.82 Å². The van der Waals surface area contributed by atoms with Gasteiger partial charge in [0.15, 0.2) is 0 Å². The molecule has 0 radical (unpaired) electrons. The maximum atomic E-state index is 9.17. The molecule has 0 fully saturated rings. The predicted molar refractivity (Wildman–Crippen MR) is 78.2 cm³/mol. The Labute approximate surface area is 114 Å². The topological polar surface area (TPSA) is 39.9 Å². The summed E-state index contributed by atoms with van der Waals surface area (Å²) in [7, 11) is 3.80. The molecule has 1 heterocycles. The maximum absolute atomic E-state index is 9.17. The van der Waals surface area contributed by atoms with Crippen molar-refractivity contribution in [3.8, 4) is 17.3 Å². The van der Waals surface area contributed by atoms with Crippen LogP contribution in [0.5, 0.6) is 0 Å². The number of nitriles is 1. The standard InChI is InChI=1S/C16H17N3/c1-11-5-7-13(8-6-11)15-12(2)9-14(10-17)16(18-15)19(3)4/h5-9H,1-4H3. The van der Waals surface area contributed by atoms with E-state index in [9.17, 15) is 5.26 Å². The highest BCUT2D eigenvalue weighted by Crippen LogP contribution is 2.26. The zero-order valence-electron chi connectivity index (χ0n) is 11.7. The van der Waals surface area contributed by atoms with Crippen LogP contribution in [0.2, 0.25) is 0 Å². The Morgan fingerprint density at radius 2 is 1.74 bits per heavy atom. The van der Waals surface area contributed by atoms with Gasteiger partial charge in [-0.3, -0.25) is 0 Å². The second-order valence-electron chi connectivity index (χ2n) is 4.90. The lowest BCUT2D eigenvalue weighted by molar-refractivity contribution is 1.06. The van der Waals surface area contributed by atoms with Crippen LogP contribution in [0.3, 0.4) is 0 Å². The van der Waals surface area contributed by atoms with Crippen molar-refractivity contribution in [3.05, 3.63) is 47.0 Å². The van der Waals surface area contributed by atoms with E-state index in [1.165, 1.54) is 5.56 Å². The van der Waals surface area contributed by atoms with Crippen LogP contribution in [-0.4, -0.2) is 19.1 Å². The first-order valence-electron chi connectivity index (χ1n) is 6.19. The van der Waals surface area contributed by atoms with E-state index in [1.807, 2.05) is 32.0 Å². The molecule has 0 N–H and O–H groups in total. The number of anilines is 1. The lowest BCUT2D eigenvalue weighted by atomic mass is 10.0. The summed E-state index contributed by atoms with van der Waals surface area (Å²) in [5.74, 6) is 0.712. The summed E-state index contributed by atoms with van der Waals surface area (Å²) < 4.78 is 0. The monoisotopic (exact) mass is 251 g/mol. The van der Waals surface area contributed by atoms with Crippen molar-refractivity contribution in [1.82, 2.24) is 4.98 Å². The fourth-order valence-corrected chi connectivity index (χ4v) is 2.03. The molecule has 2 rings (SSSR count). The van der Waals surface area contributed by atoms with Gasteiger partial charge in [0, 0.05) is 19.7 Å². The molecule has 0 atom stereocenters. The zero-order valence-corrected chi connectivity index (χ0v) is 11.7. The molecule has 0 unspecified atom stereocenters.